The van der Waals surface area contributed by atoms with Gasteiger partial charge in [-0.1, -0.05) is 12.0 Å². The van der Waals surface area contributed by atoms with E-state index in [2.05, 4.69) is 48.4 Å². The van der Waals surface area contributed by atoms with Gasteiger partial charge in [-0.15, -0.1) is 0 Å². The highest BCUT2D eigenvalue weighted by Gasteiger charge is 2.45. The molecule has 5 amide bonds. The fraction of sp³-hybridized carbons (Fsp3) is 0.462. The third-order valence-corrected chi connectivity index (χ3v) is 9.49. The van der Waals surface area contributed by atoms with Gasteiger partial charge in [0, 0.05) is 38.2 Å². The van der Waals surface area contributed by atoms with E-state index in [1.165, 1.54) is 0 Å². The Bertz CT molecular complexity index is 2270. The topological polar surface area (TPSA) is 262 Å². The van der Waals surface area contributed by atoms with Crippen molar-refractivity contribution < 1.29 is 38.4 Å². The molecule has 58 heavy (non-hydrogen) atoms. The van der Waals surface area contributed by atoms with E-state index in [-0.39, 0.29) is 41.4 Å². The van der Waals surface area contributed by atoms with Gasteiger partial charge in [-0.2, -0.15) is 0 Å². The van der Waals surface area contributed by atoms with Crippen molar-refractivity contribution in [1.82, 2.24) is 45.7 Å². The molecule has 1 atom stereocenters. The quantitative estimate of drug-likeness (QED) is 0.0476. The number of nitrogens with one attached hydrogen (secondary N) is 4. The molecule has 5 heterocycles. The van der Waals surface area contributed by atoms with E-state index in [0.717, 1.165) is 4.90 Å². The summed E-state index contributed by atoms with van der Waals surface area (Å²) >= 11 is 0. The number of fused-ring (bicyclic) bond motifs is 2. The molecular formula is C39H47N11O8. The summed E-state index contributed by atoms with van der Waals surface area (Å²) in [7, 11) is 0. The maximum Gasteiger partial charge on any atom is 0.264 e. The number of aromatic nitrogens is 5. The van der Waals surface area contributed by atoms with Crippen LogP contribution in [0.5, 0.6) is 5.75 Å². The summed E-state index contributed by atoms with van der Waals surface area (Å²) in [5.74, 6) is 4.49. The highest BCUT2D eigenvalue weighted by Crippen LogP contribution is 2.34. The van der Waals surface area contributed by atoms with Crippen LogP contribution in [0.2, 0.25) is 0 Å². The number of amides is 5. The van der Waals surface area contributed by atoms with Gasteiger partial charge in [0.15, 0.2) is 23.1 Å². The second-order valence-electron chi connectivity index (χ2n) is 14.4. The largest absolute Gasteiger partial charge is 0.490 e. The monoisotopic (exact) mass is 797 g/mol. The normalized spacial score (nSPS) is 15.3. The molecule has 0 aliphatic carbocycles. The van der Waals surface area contributed by atoms with Crippen LogP contribution in [0.1, 0.15) is 92.1 Å². The summed E-state index contributed by atoms with van der Waals surface area (Å²) in [5, 5.41) is 29.4. The van der Waals surface area contributed by atoms with Gasteiger partial charge in [0.2, 0.25) is 17.7 Å². The third kappa shape index (κ3) is 9.41. The van der Waals surface area contributed by atoms with Crippen LogP contribution in [0.4, 0.5) is 11.5 Å². The van der Waals surface area contributed by atoms with E-state index in [1.54, 1.807) is 38.2 Å². The number of aryl methyl sites for hydroxylation is 1. The van der Waals surface area contributed by atoms with Crippen LogP contribution in [0.3, 0.4) is 0 Å². The van der Waals surface area contributed by atoms with Crippen molar-refractivity contribution in [2.45, 2.75) is 83.9 Å². The molecule has 1 fully saturated rings. The number of ether oxygens (including phenoxy) is 1. The molecule has 19 nitrogen and oxygen atoms in total. The molecule has 0 saturated carbocycles. The maximum absolute atomic E-state index is 13.3. The summed E-state index contributed by atoms with van der Waals surface area (Å²) < 4.78 is 12.8. The number of piperidine rings is 1. The van der Waals surface area contributed by atoms with Crippen LogP contribution in [0.15, 0.2) is 29.0 Å². The fourth-order valence-electron chi connectivity index (χ4n) is 6.69. The number of imide groups is 2. The lowest BCUT2D eigenvalue weighted by atomic mass is 10.0. The number of nitrogens with two attached hydrogens (primary N) is 1. The van der Waals surface area contributed by atoms with Crippen molar-refractivity contribution in [3.8, 4) is 29.1 Å². The Balaban J connectivity index is 0.883. The predicted molar refractivity (Wildman–Crippen MR) is 210 cm³/mol. The number of pyridine rings is 1. The Hall–Kier alpha value is -6.39. The lowest BCUT2D eigenvalue weighted by Crippen LogP contribution is -2.54. The molecule has 6 rings (SSSR count). The van der Waals surface area contributed by atoms with Crippen molar-refractivity contribution in [2.24, 2.45) is 0 Å². The first-order valence-corrected chi connectivity index (χ1v) is 19.3. The van der Waals surface area contributed by atoms with Crippen molar-refractivity contribution in [3.05, 3.63) is 41.2 Å². The number of hydrogen-bond donors (Lipinski definition) is 6. The molecular weight excluding hydrogens is 750 g/mol. The minimum absolute atomic E-state index is 0.0427. The zero-order valence-electron chi connectivity index (χ0n) is 32.6. The Kier molecular flexibility index (Phi) is 13.0. The van der Waals surface area contributed by atoms with Crippen LogP contribution in [0.25, 0.3) is 22.6 Å². The van der Waals surface area contributed by atoms with Gasteiger partial charge in [-0.05, 0) is 94.3 Å². The van der Waals surface area contributed by atoms with Crippen molar-refractivity contribution >= 4 is 52.1 Å². The first-order valence-electron chi connectivity index (χ1n) is 19.3. The number of nitrogen functional groups attached to an aromatic ring is 1. The van der Waals surface area contributed by atoms with Gasteiger partial charge in [0.05, 0.1) is 23.9 Å². The van der Waals surface area contributed by atoms with E-state index in [4.69, 9.17) is 20.1 Å². The van der Waals surface area contributed by atoms with Crippen molar-refractivity contribution in [3.63, 3.8) is 0 Å². The van der Waals surface area contributed by atoms with Gasteiger partial charge >= 0.3 is 0 Å². The number of nitrogens with zero attached hydrogens (tertiary/aromatic N) is 6. The number of unbranched alkanes of at least 4 members (excludes halogenated alkanes) is 1. The Labute approximate surface area is 333 Å². The third-order valence-electron chi connectivity index (χ3n) is 9.49. The zero-order chi connectivity index (χ0) is 41.4. The lowest BCUT2D eigenvalue weighted by Gasteiger charge is -2.27. The highest BCUT2D eigenvalue weighted by atomic mass is 16.6. The summed E-state index contributed by atoms with van der Waals surface area (Å²) in [5.41, 5.74) is 7.45. The van der Waals surface area contributed by atoms with E-state index in [9.17, 15) is 29.1 Å². The number of hydrogen-bond acceptors (Lipinski definition) is 15. The summed E-state index contributed by atoms with van der Waals surface area (Å²) in [6, 6.07) is 3.92. The molecule has 306 valence electrons. The first kappa shape index (κ1) is 41.2. The summed E-state index contributed by atoms with van der Waals surface area (Å²) in [6.07, 6.45) is 4.85. The lowest BCUT2D eigenvalue weighted by molar-refractivity contribution is -0.136. The number of imidazole rings is 1. The molecule has 2 aliphatic heterocycles. The van der Waals surface area contributed by atoms with Crippen LogP contribution >= 0.6 is 0 Å². The maximum atomic E-state index is 13.3. The molecule has 7 N–H and O–H groups in total. The van der Waals surface area contributed by atoms with E-state index in [0.29, 0.717) is 105 Å². The molecule has 0 bridgehead atoms. The number of benzene rings is 1. The number of aliphatic hydroxyl groups is 1. The van der Waals surface area contributed by atoms with Crippen LogP contribution in [-0.4, -0.2) is 109 Å². The molecule has 3 aromatic heterocycles. The van der Waals surface area contributed by atoms with Crippen molar-refractivity contribution in [1.29, 1.82) is 0 Å². The van der Waals surface area contributed by atoms with Gasteiger partial charge in [0.1, 0.15) is 28.4 Å². The molecule has 1 saturated heterocycles. The second-order valence-corrected chi connectivity index (χ2v) is 14.4. The average molecular weight is 798 g/mol. The second kappa shape index (κ2) is 18.3. The Morgan fingerprint density at radius 3 is 2.62 bits per heavy atom. The van der Waals surface area contributed by atoms with Gasteiger partial charge in [-0.3, -0.25) is 34.2 Å². The van der Waals surface area contributed by atoms with Gasteiger partial charge < -0.3 is 36.1 Å². The molecule has 1 unspecified atom stereocenters. The minimum Gasteiger partial charge on any atom is -0.490 e. The first-order chi connectivity index (χ1) is 27.9. The van der Waals surface area contributed by atoms with Crippen molar-refractivity contribution in [2.75, 3.05) is 43.8 Å². The van der Waals surface area contributed by atoms with E-state index < -0.39 is 35.3 Å². The molecule has 0 radical (unpaired) electrons. The smallest absolute Gasteiger partial charge is 0.264 e. The molecule has 4 aromatic rings. The molecule has 19 heteroatoms. The van der Waals surface area contributed by atoms with Gasteiger partial charge in [0.25, 0.3) is 11.8 Å². The Morgan fingerprint density at radius 1 is 1.09 bits per heavy atom. The van der Waals surface area contributed by atoms with Crippen LogP contribution in [-0.2, 0) is 20.9 Å². The summed E-state index contributed by atoms with van der Waals surface area (Å²) in [6.45, 7) is 8.31. The SMILES string of the molecule is CCn1c(-c2nonc2N)nc2c(C#CC(C)(C)O)ncc(OCCCNCCCC(=O)NCCCCNc3cccc4c3C(=O)N(C3CCC(=O)NC3=O)C4=O)c21. The fourth-order valence-corrected chi connectivity index (χ4v) is 6.69. The Morgan fingerprint density at radius 2 is 1.88 bits per heavy atom. The predicted octanol–water partition coefficient (Wildman–Crippen LogP) is 1.75. The molecule has 2 aliphatic rings. The number of rotatable bonds is 18. The minimum atomic E-state index is -1.23. The van der Waals surface area contributed by atoms with E-state index >= 15 is 0 Å². The van der Waals surface area contributed by atoms with Gasteiger partial charge in [-0.25, -0.2) is 14.6 Å². The van der Waals surface area contributed by atoms with Crippen LogP contribution < -0.4 is 31.7 Å². The van der Waals surface area contributed by atoms with E-state index in [1.807, 2.05) is 11.5 Å². The number of anilines is 2. The molecule has 1 aromatic carbocycles. The number of carbonyl (C=O) groups is 5. The highest BCUT2D eigenvalue weighted by molar-refractivity contribution is 6.25. The number of carbonyl (C=O) groups excluding carboxylic acids is 5. The zero-order valence-corrected chi connectivity index (χ0v) is 32.6. The van der Waals surface area contributed by atoms with Crippen LogP contribution in [0, 0.1) is 11.8 Å². The molecule has 0 spiro atoms. The standard InChI is InChI=1S/C39H47N11O8/c1-4-49-33-27(22-44-25(15-16-39(2,3)56)31(33)46-35(49)32-34(40)48-58-47-32)57-21-9-18-41-17-8-12-28(51)43-20-6-5-19-42-24-11-7-10-23-30(24)38(55)50(37(23)54)26-13-14-29(52)45-36(26)53/h7,10-11,22,26,41-42,56H,4-6,8-9,12-14,17-21H2,1-3H3,(H2,40,48)(H,43,51)(H,45,52,53). The summed E-state index contributed by atoms with van der Waals surface area (Å²) in [4.78, 5) is 72.8. The average Bonchev–Trinajstić information content (AvgIpc) is 3.86.